The SMILES string of the molecule is CC1(C)Cn2nc(-c3ccc(F)cn3)c(-c3ccn4nccc4c3)c2CO1. The third-order valence-electron chi connectivity index (χ3n) is 4.85. The van der Waals surface area contributed by atoms with E-state index >= 15 is 0 Å². The largest absolute Gasteiger partial charge is 0.367 e. The molecule has 0 atom stereocenters. The Morgan fingerprint density at radius 2 is 2.07 bits per heavy atom. The van der Waals surface area contributed by atoms with Crippen LogP contribution < -0.4 is 0 Å². The van der Waals surface area contributed by atoms with E-state index in [1.54, 1.807) is 12.3 Å². The van der Waals surface area contributed by atoms with Crippen LogP contribution in [0.2, 0.25) is 0 Å². The molecule has 0 N–H and O–H groups in total. The van der Waals surface area contributed by atoms with Crippen LogP contribution in [0.5, 0.6) is 0 Å². The number of hydrogen-bond donors (Lipinski definition) is 0. The Kier molecular flexibility index (Phi) is 3.42. The summed E-state index contributed by atoms with van der Waals surface area (Å²) in [4.78, 5) is 4.26. The van der Waals surface area contributed by atoms with Crippen molar-refractivity contribution in [2.24, 2.45) is 0 Å². The second-order valence-electron chi connectivity index (χ2n) is 7.35. The molecule has 4 aromatic rings. The van der Waals surface area contributed by atoms with Crippen molar-refractivity contribution in [3.05, 3.63) is 60.4 Å². The maximum absolute atomic E-state index is 13.4. The van der Waals surface area contributed by atoms with E-state index in [0.717, 1.165) is 28.0 Å². The summed E-state index contributed by atoms with van der Waals surface area (Å²) in [6.07, 6.45) is 4.91. The van der Waals surface area contributed by atoms with Crippen LogP contribution in [-0.2, 0) is 17.9 Å². The molecule has 0 aliphatic carbocycles. The van der Waals surface area contributed by atoms with Gasteiger partial charge in [0.15, 0.2) is 0 Å². The zero-order valence-corrected chi connectivity index (χ0v) is 15.1. The fraction of sp³-hybridized carbons (Fsp3) is 0.250. The predicted octanol–water partition coefficient (Wildman–Crippen LogP) is 3.71. The lowest BCUT2D eigenvalue weighted by Crippen LogP contribution is -2.36. The van der Waals surface area contributed by atoms with Crippen molar-refractivity contribution in [3.8, 4) is 22.5 Å². The molecule has 7 heteroatoms. The number of fused-ring (bicyclic) bond motifs is 2. The van der Waals surface area contributed by atoms with Crippen LogP contribution in [0.25, 0.3) is 28.0 Å². The molecule has 0 saturated carbocycles. The summed E-state index contributed by atoms with van der Waals surface area (Å²) in [5, 5.41) is 9.07. The Balaban J connectivity index is 1.74. The van der Waals surface area contributed by atoms with E-state index in [0.29, 0.717) is 18.8 Å². The first kappa shape index (κ1) is 16.1. The molecule has 0 unspecified atom stereocenters. The Labute approximate surface area is 155 Å². The number of nitrogens with zero attached hydrogens (tertiary/aromatic N) is 5. The number of pyridine rings is 2. The van der Waals surface area contributed by atoms with Gasteiger partial charge in [-0.3, -0.25) is 9.67 Å². The minimum Gasteiger partial charge on any atom is -0.367 e. The molecule has 1 aliphatic heterocycles. The fourth-order valence-electron chi connectivity index (χ4n) is 3.52. The van der Waals surface area contributed by atoms with Crippen LogP contribution in [-0.4, -0.2) is 30.0 Å². The summed E-state index contributed by atoms with van der Waals surface area (Å²) in [6.45, 7) is 5.20. The van der Waals surface area contributed by atoms with E-state index in [1.807, 2.05) is 41.4 Å². The lowest BCUT2D eigenvalue weighted by Gasteiger charge is -2.31. The van der Waals surface area contributed by atoms with Gasteiger partial charge in [0.1, 0.15) is 11.5 Å². The highest BCUT2D eigenvalue weighted by molar-refractivity contribution is 5.83. The molecule has 0 bridgehead atoms. The number of halogens is 1. The summed E-state index contributed by atoms with van der Waals surface area (Å²) >= 11 is 0. The summed E-state index contributed by atoms with van der Waals surface area (Å²) in [6, 6.07) is 9.10. The zero-order chi connectivity index (χ0) is 18.6. The molecular weight excluding hydrogens is 345 g/mol. The summed E-state index contributed by atoms with van der Waals surface area (Å²) < 4.78 is 23.2. The molecule has 5 heterocycles. The van der Waals surface area contributed by atoms with Gasteiger partial charge in [0.25, 0.3) is 0 Å². The normalized spacial score (nSPS) is 15.8. The van der Waals surface area contributed by atoms with Crippen LogP contribution in [0.15, 0.2) is 48.9 Å². The van der Waals surface area contributed by atoms with Gasteiger partial charge in [0, 0.05) is 18.0 Å². The molecule has 0 amide bonds. The number of hydrogen-bond acceptors (Lipinski definition) is 4. The Morgan fingerprint density at radius 3 is 2.89 bits per heavy atom. The van der Waals surface area contributed by atoms with Gasteiger partial charge in [0.05, 0.1) is 41.9 Å². The van der Waals surface area contributed by atoms with Crippen molar-refractivity contribution in [2.75, 3.05) is 0 Å². The van der Waals surface area contributed by atoms with Crippen molar-refractivity contribution >= 4 is 5.52 Å². The molecule has 4 aromatic heterocycles. The minimum atomic E-state index is -0.366. The summed E-state index contributed by atoms with van der Waals surface area (Å²) in [5.74, 6) is -0.366. The second kappa shape index (κ2) is 5.72. The monoisotopic (exact) mass is 363 g/mol. The molecule has 0 spiro atoms. The third-order valence-corrected chi connectivity index (χ3v) is 4.85. The smallest absolute Gasteiger partial charge is 0.141 e. The average molecular weight is 363 g/mol. The van der Waals surface area contributed by atoms with Gasteiger partial charge in [-0.1, -0.05) is 0 Å². The Bertz CT molecular complexity index is 1140. The van der Waals surface area contributed by atoms with Crippen molar-refractivity contribution in [1.29, 1.82) is 0 Å². The van der Waals surface area contributed by atoms with Crippen molar-refractivity contribution in [1.82, 2.24) is 24.4 Å². The van der Waals surface area contributed by atoms with Crippen LogP contribution in [0.4, 0.5) is 4.39 Å². The molecule has 136 valence electrons. The van der Waals surface area contributed by atoms with Gasteiger partial charge >= 0.3 is 0 Å². The van der Waals surface area contributed by atoms with Gasteiger partial charge in [0.2, 0.25) is 0 Å². The first-order valence-corrected chi connectivity index (χ1v) is 8.79. The van der Waals surface area contributed by atoms with Crippen molar-refractivity contribution in [3.63, 3.8) is 0 Å². The van der Waals surface area contributed by atoms with Gasteiger partial charge in [-0.05, 0) is 49.7 Å². The third kappa shape index (κ3) is 2.71. The molecule has 0 aromatic carbocycles. The summed E-state index contributed by atoms with van der Waals surface area (Å²) in [7, 11) is 0. The van der Waals surface area contributed by atoms with Crippen molar-refractivity contribution < 1.29 is 9.13 Å². The lowest BCUT2D eigenvalue weighted by atomic mass is 10.0. The fourth-order valence-corrected chi connectivity index (χ4v) is 3.52. The highest BCUT2D eigenvalue weighted by Gasteiger charge is 2.31. The second-order valence-corrected chi connectivity index (χ2v) is 7.35. The molecule has 27 heavy (non-hydrogen) atoms. The quantitative estimate of drug-likeness (QED) is 0.545. The van der Waals surface area contributed by atoms with Gasteiger partial charge in [-0.25, -0.2) is 8.91 Å². The number of aromatic nitrogens is 5. The van der Waals surface area contributed by atoms with Crippen molar-refractivity contribution in [2.45, 2.75) is 32.6 Å². The Hall–Kier alpha value is -3.06. The number of rotatable bonds is 2. The Morgan fingerprint density at radius 1 is 1.19 bits per heavy atom. The van der Waals surface area contributed by atoms with Gasteiger partial charge in [-0.2, -0.15) is 10.2 Å². The van der Waals surface area contributed by atoms with E-state index < -0.39 is 0 Å². The highest BCUT2D eigenvalue weighted by Crippen LogP contribution is 2.37. The molecule has 0 fully saturated rings. The number of ether oxygens (including phenoxy) is 1. The van der Waals surface area contributed by atoms with Crippen LogP contribution in [0.1, 0.15) is 19.5 Å². The molecule has 6 nitrogen and oxygen atoms in total. The topological polar surface area (TPSA) is 57.2 Å². The molecule has 0 radical (unpaired) electrons. The first-order valence-electron chi connectivity index (χ1n) is 8.79. The van der Waals surface area contributed by atoms with Crippen LogP contribution in [0.3, 0.4) is 0 Å². The van der Waals surface area contributed by atoms with E-state index in [-0.39, 0.29) is 11.4 Å². The predicted molar refractivity (Wildman–Crippen MR) is 98.5 cm³/mol. The lowest BCUT2D eigenvalue weighted by molar-refractivity contribution is -0.0657. The van der Waals surface area contributed by atoms with E-state index in [9.17, 15) is 4.39 Å². The maximum Gasteiger partial charge on any atom is 0.141 e. The first-order chi connectivity index (χ1) is 13.0. The highest BCUT2D eigenvalue weighted by atomic mass is 19.1. The maximum atomic E-state index is 13.4. The molecule has 0 saturated heterocycles. The standard InChI is InChI=1S/C20H18FN5O/c1-20(2)12-26-17(11-27-20)18(13-6-8-25-15(9-13)5-7-23-25)19(24-26)16-4-3-14(21)10-22-16/h3-10H,11-12H2,1-2H3. The van der Waals surface area contributed by atoms with E-state index in [1.165, 1.54) is 12.3 Å². The van der Waals surface area contributed by atoms with Crippen LogP contribution >= 0.6 is 0 Å². The van der Waals surface area contributed by atoms with E-state index in [4.69, 9.17) is 9.84 Å². The molecular formula is C20H18FN5O. The van der Waals surface area contributed by atoms with Crippen LogP contribution in [0, 0.1) is 5.82 Å². The van der Waals surface area contributed by atoms with E-state index in [2.05, 4.69) is 16.1 Å². The molecule has 1 aliphatic rings. The minimum absolute atomic E-state index is 0.292. The zero-order valence-electron chi connectivity index (χ0n) is 15.1. The average Bonchev–Trinajstić information content (AvgIpc) is 3.24. The van der Waals surface area contributed by atoms with Gasteiger partial charge in [-0.15, -0.1) is 0 Å². The summed E-state index contributed by atoms with van der Waals surface area (Å²) in [5.41, 5.74) is 5.04. The van der Waals surface area contributed by atoms with Gasteiger partial charge < -0.3 is 4.74 Å². The molecule has 5 rings (SSSR count).